The van der Waals surface area contributed by atoms with E-state index in [0.717, 1.165) is 28.5 Å². The van der Waals surface area contributed by atoms with Crippen molar-refractivity contribution in [2.45, 2.75) is 12.0 Å². The average Bonchev–Trinajstić information content (AvgIpc) is 3.10. The number of carbonyl (C=O) groups is 2. The number of alkyl carbamates (subject to hydrolysis) is 1. The van der Waals surface area contributed by atoms with E-state index in [1.165, 1.54) is 0 Å². The van der Waals surface area contributed by atoms with Crippen molar-refractivity contribution >= 4 is 18.1 Å². The lowest BCUT2D eigenvalue weighted by Gasteiger charge is -2.17. The van der Waals surface area contributed by atoms with Gasteiger partial charge in [-0.05, 0) is 27.8 Å². The third kappa shape index (κ3) is 3.77. The van der Waals surface area contributed by atoms with Gasteiger partial charge >= 0.3 is 12.3 Å². The van der Waals surface area contributed by atoms with E-state index in [1.54, 1.807) is 30.3 Å². The van der Waals surface area contributed by atoms with Gasteiger partial charge in [-0.1, -0.05) is 78.9 Å². The number of amides is 1. The largest absolute Gasteiger partial charge is 0.449 e. The molecule has 4 rings (SSSR count). The quantitative estimate of drug-likeness (QED) is 0.385. The Bertz CT molecular complexity index is 1090. The van der Waals surface area contributed by atoms with Crippen molar-refractivity contribution in [2.24, 2.45) is 0 Å². The molecule has 3 aromatic carbocycles. The number of nitrogens with one attached hydrogen (secondary N) is 1. The first kappa shape index (κ1) is 19.3. The van der Waals surface area contributed by atoms with Gasteiger partial charge in [0.1, 0.15) is 12.6 Å². The molecule has 0 unspecified atom stereocenters. The van der Waals surface area contributed by atoms with Crippen molar-refractivity contribution in [1.29, 1.82) is 0 Å². The lowest BCUT2D eigenvalue weighted by atomic mass is 9.98. The number of rotatable bonds is 6. The molecule has 1 N–H and O–H groups in total. The van der Waals surface area contributed by atoms with E-state index in [2.05, 4.69) is 22.2 Å². The first-order valence-corrected chi connectivity index (χ1v) is 9.56. The normalized spacial score (nSPS) is 12.8. The van der Waals surface area contributed by atoms with Crippen LogP contribution in [0, 0.1) is 0 Å². The zero-order chi connectivity index (χ0) is 20.9. The maximum absolute atomic E-state index is 12.5. The highest BCUT2D eigenvalue weighted by Gasteiger charge is 2.30. The van der Waals surface area contributed by atoms with Crippen LogP contribution in [0.3, 0.4) is 0 Å². The second kappa shape index (κ2) is 8.55. The molecule has 0 fully saturated rings. The molecule has 1 aliphatic carbocycles. The molecule has 148 valence electrons. The fourth-order valence-electron chi connectivity index (χ4n) is 3.85. The molecule has 0 saturated heterocycles. The van der Waals surface area contributed by atoms with E-state index >= 15 is 0 Å². The molecule has 1 aliphatic rings. The minimum Gasteiger partial charge on any atom is -0.449 e. The van der Waals surface area contributed by atoms with Crippen molar-refractivity contribution in [1.82, 2.24) is 5.32 Å². The topological polar surface area (TPSA) is 91.8 Å². The molecule has 6 nitrogen and oxygen atoms in total. The summed E-state index contributed by atoms with van der Waals surface area (Å²) in [5, 5.41) is 2.58. The molecule has 0 radical (unpaired) electrons. The van der Waals surface area contributed by atoms with Crippen LogP contribution in [-0.2, 0) is 9.53 Å². The highest BCUT2D eigenvalue weighted by Crippen LogP contribution is 2.44. The Balaban J connectivity index is 1.50. The second-order valence-electron chi connectivity index (χ2n) is 6.96. The first-order valence-electron chi connectivity index (χ1n) is 9.56. The third-order valence-electron chi connectivity index (χ3n) is 5.21. The van der Waals surface area contributed by atoms with Crippen LogP contribution < -0.4 is 5.32 Å². The number of hydrogen-bond donors (Lipinski definition) is 1. The van der Waals surface area contributed by atoms with E-state index < -0.39 is 17.9 Å². The SMILES string of the molecule is [N-]=[N+]=CC(=O)[C@H](NC(=O)OCC1c2ccccc2-c2ccccc21)c1ccccc1. The van der Waals surface area contributed by atoms with Crippen LogP contribution in [0.15, 0.2) is 78.9 Å². The van der Waals surface area contributed by atoms with Gasteiger partial charge in [-0.15, -0.1) is 0 Å². The molecule has 6 heteroatoms. The number of Topliss-reactive ketones (excluding diaryl/α,β-unsaturated/α-hetero) is 1. The predicted molar refractivity (Wildman–Crippen MR) is 112 cm³/mol. The molecule has 0 saturated carbocycles. The van der Waals surface area contributed by atoms with Gasteiger partial charge in [0.2, 0.25) is 0 Å². The summed E-state index contributed by atoms with van der Waals surface area (Å²) in [5.74, 6) is -0.634. The maximum atomic E-state index is 12.5. The summed E-state index contributed by atoms with van der Waals surface area (Å²) in [4.78, 5) is 27.6. The van der Waals surface area contributed by atoms with Crippen LogP contribution in [0.25, 0.3) is 16.7 Å². The summed E-state index contributed by atoms with van der Waals surface area (Å²) in [5.41, 5.74) is 13.8. The monoisotopic (exact) mass is 397 g/mol. The number of nitrogens with zero attached hydrogens (tertiary/aromatic N) is 2. The molecule has 0 spiro atoms. The Morgan fingerprint density at radius 2 is 1.50 bits per heavy atom. The summed E-state index contributed by atoms with van der Waals surface area (Å²) in [6, 6.07) is 23.8. The van der Waals surface area contributed by atoms with Gasteiger partial charge in [0, 0.05) is 5.92 Å². The smallest absolute Gasteiger partial charge is 0.408 e. The molecule has 3 aromatic rings. The Labute approximate surface area is 173 Å². The molecular weight excluding hydrogens is 378 g/mol. The molecular formula is C24H19N3O3. The van der Waals surface area contributed by atoms with Gasteiger partial charge in [-0.2, -0.15) is 4.79 Å². The fourth-order valence-corrected chi connectivity index (χ4v) is 3.85. The van der Waals surface area contributed by atoms with Crippen LogP contribution in [0.5, 0.6) is 0 Å². The summed E-state index contributed by atoms with van der Waals surface area (Å²) in [6.45, 7) is 0.143. The molecule has 30 heavy (non-hydrogen) atoms. The van der Waals surface area contributed by atoms with Gasteiger partial charge in [-0.3, -0.25) is 4.79 Å². The van der Waals surface area contributed by atoms with E-state index in [4.69, 9.17) is 10.3 Å². The van der Waals surface area contributed by atoms with Crippen molar-refractivity contribution < 1.29 is 19.1 Å². The Morgan fingerprint density at radius 3 is 2.10 bits per heavy atom. The zero-order valence-corrected chi connectivity index (χ0v) is 16.1. The number of hydrogen-bond acceptors (Lipinski definition) is 3. The Morgan fingerprint density at radius 1 is 0.933 bits per heavy atom. The number of benzene rings is 3. The molecule has 0 heterocycles. The molecule has 0 aromatic heterocycles. The molecule has 0 bridgehead atoms. The van der Waals surface area contributed by atoms with E-state index in [-0.39, 0.29) is 12.5 Å². The number of fused-ring (bicyclic) bond motifs is 3. The van der Waals surface area contributed by atoms with E-state index in [1.807, 2.05) is 36.4 Å². The minimum absolute atomic E-state index is 0.0759. The van der Waals surface area contributed by atoms with Crippen LogP contribution in [0.4, 0.5) is 4.79 Å². The fraction of sp³-hybridized carbons (Fsp3) is 0.125. The van der Waals surface area contributed by atoms with Gasteiger partial charge in [0.25, 0.3) is 5.78 Å². The number of ether oxygens (including phenoxy) is 1. The van der Waals surface area contributed by atoms with Crippen LogP contribution in [-0.4, -0.2) is 29.5 Å². The van der Waals surface area contributed by atoms with Gasteiger partial charge in [-0.25, -0.2) is 4.79 Å². The molecule has 0 aliphatic heterocycles. The summed E-state index contributed by atoms with van der Waals surface area (Å²) in [7, 11) is 0. The highest BCUT2D eigenvalue weighted by molar-refractivity contribution is 6.28. The number of carbonyl (C=O) groups excluding carboxylic acids is 2. The first-order chi connectivity index (χ1) is 14.7. The number of ketones is 1. The standard InChI is InChI=1S/C24H19N3O3/c25-26-14-22(28)23(16-8-2-1-3-9-16)27-24(29)30-15-21-19-12-6-4-10-17(19)18-11-5-7-13-20(18)21/h1-14,21,23H,15H2,(H,27,29)/t23-/m1/s1. The van der Waals surface area contributed by atoms with Gasteiger partial charge in [0.15, 0.2) is 0 Å². The van der Waals surface area contributed by atoms with Gasteiger partial charge < -0.3 is 15.6 Å². The van der Waals surface area contributed by atoms with Crippen molar-refractivity contribution in [3.63, 3.8) is 0 Å². The summed E-state index contributed by atoms with van der Waals surface area (Å²) < 4.78 is 5.51. The zero-order valence-electron chi connectivity index (χ0n) is 16.1. The predicted octanol–water partition coefficient (Wildman–Crippen LogP) is 4.14. The minimum atomic E-state index is -1.00. The second-order valence-corrected chi connectivity index (χ2v) is 6.96. The maximum Gasteiger partial charge on any atom is 0.408 e. The van der Waals surface area contributed by atoms with Crippen molar-refractivity contribution in [3.05, 3.63) is 101 Å². The Hall–Kier alpha value is -4.02. The molecule has 1 atom stereocenters. The van der Waals surface area contributed by atoms with E-state index in [9.17, 15) is 9.59 Å². The molecule has 1 amide bonds. The van der Waals surface area contributed by atoms with Gasteiger partial charge in [0.05, 0.1) is 0 Å². The van der Waals surface area contributed by atoms with E-state index in [0.29, 0.717) is 5.56 Å². The lowest BCUT2D eigenvalue weighted by Crippen LogP contribution is -2.35. The Kier molecular flexibility index (Phi) is 5.50. The third-order valence-corrected chi connectivity index (χ3v) is 5.21. The van der Waals surface area contributed by atoms with Crippen molar-refractivity contribution in [2.75, 3.05) is 6.61 Å². The summed E-state index contributed by atoms with van der Waals surface area (Å²) >= 11 is 0. The average molecular weight is 397 g/mol. The highest BCUT2D eigenvalue weighted by atomic mass is 16.5. The summed E-state index contributed by atoms with van der Waals surface area (Å²) in [6.07, 6.45) is 0.0481. The van der Waals surface area contributed by atoms with Crippen LogP contribution in [0.1, 0.15) is 28.7 Å². The van der Waals surface area contributed by atoms with Crippen molar-refractivity contribution in [3.8, 4) is 11.1 Å². The van der Waals surface area contributed by atoms with Crippen LogP contribution >= 0.6 is 0 Å². The van der Waals surface area contributed by atoms with Crippen LogP contribution in [0.2, 0.25) is 0 Å². The lowest BCUT2D eigenvalue weighted by molar-refractivity contribution is -0.118.